The average molecular weight is 176 g/mol. The first-order chi connectivity index (χ1) is 5.24. The quantitative estimate of drug-likeness (QED) is 0.649. The highest BCUT2D eigenvalue weighted by atomic mass is 35.5. The van der Waals surface area contributed by atoms with Crippen LogP contribution in [-0.4, -0.2) is 0 Å². The number of hydrogen-bond donors (Lipinski definition) is 0. The second-order valence-corrected chi connectivity index (χ2v) is 2.40. The molecule has 1 aromatic rings. The largest absolute Gasteiger partial charge is 0.207 e. The first-order valence-electron chi connectivity index (χ1n) is 3.10. The van der Waals surface area contributed by atoms with E-state index in [9.17, 15) is 8.78 Å². The summed E-state index contributed by atoms with van der Waals surface area (Å²) in [6.07, 6.45) is 0.313. The second kappa shape index (κ2) is 3.67. The van der Waals surface area contributed by atoms with E-state index >= 15 is 0 Å². The lowest BCUT2D eigenvalue weighted by atomic mass is 10.1. The lowest BCUT2D eigenvalue weighted by molar-refractivity contribution is 0.575. The Bertz CT molecular complexity index is 248. The van der Waals surface area contributed by atoms with E-state index in [0.717, 1.165) is 6.07 Å². The third kappa shape index (κ3) is 2.15. The number of halogens is 3. The standard InChI is InChI=1S/C8H6ClF2/c9-4-3-6-1-2-7(10)5-8(6)11/h1-2,4-5H,3H2. The highest BCUT2D eigenvalue weighted by Crippen LogP contribution is 2.11. The molecule has 0 unspecified atom stereocenters. The van der Waals surface area contributed by atoms with E-state index in [4.69, 9.17) is 11.6 Å². The van der Waals surface area contributed by atoms with Crippen LogP contribution >= 0.6 is 11.6 Å². The Labute approximate surface area is 68.8 Å². The fraction of sp³-hybridized carbons (Fsp3) is 0.125. The lowest BCUT2D eigenvalue weighted by Crippen LogP contribution is -1.89. The van der Waals surface area contributed by atoms with Crippen LogP contribution in [0.5, 0.6) is 0 Å². The van der Waals surface area contributed by atoms with Crippen LogP contribution < -0.4 is 0 Å². The Morgan fingerprint density at radius 1 is 1.36 bits per heavy atom. The van der Waals surface area contributed by atoms with Gasteiger partial charge < -0.3 is 0 Å². The molecule has 0 atom stereocenters. The minimum absolute atomic E-state index is 0.313. The zero-order chi connectivity index (χ0) is 8.27. The maximum atomic E-state index is 12.7. The summed E-state index contributed by atoms with van der Waals surface area (Å²) in [5.41, 5.74) is 0.404. The summed E-state index contributed by atoms with van der Waals surface area (Å²) in [4.78, 5) is 0. The van der Waals surface area contributed by atoms with E-state index in [1.54, 1.807) is 0 Å². The van der Waals surface area contributed by atoms with Gasteiger partial charge >= 0.3 is 0 Å². The van der Waals surface area contributed by atoms with Gasteiger partial charge in [0.1, 0.15) is 11.6 Å². The SMILES string of the molecule is Fc1ccc(C[CH]Cl)c(F)c1. The molecule has 0 N–H and O–H groups in total. The van der Waals surface area contributed by atoms with Crippen molar-refractivity contribution in [2.45, 2.75) is 6.42 Å². The van der Waals surface area contributed by atoms with Crippen LogP contribution in [0.4, 0.5) is 8.78 Å². The summed E-state index contributed by atoms with van der Waals surface area (Å²) in [5, 5.41) is 0. The normalized spacial score (nSPS) is 10.1. The molecule has 0 spiro atoms. The topological polar surface area (TPSA) is 0 Å². The Morgan fingerprint density at radius 2 is 2.09 bits per heavy atom. The minimum atomic E-state index is -0.569. The molecule has 0 nitrogen and oxygen atoms in total. The Kier molecular flexibility index (Phi) is 2.83. The maximum Gasteiger partial charge on any atom is 0.129 e. The fourth-order valence-electron chi connectivity index (χ4n) is 0.770. The maximum absolute atomic E-state index is 12.7. The van der Waals surface area contributed by atoms with E-state index in [0.29, 0.717) is 12.0 Å². The zero-order valence-electron chi connectivity index (χ0n) is 5.65. The molecule has 59 valence electrons. The Balaban J connectivity index is 2.90. The van der Waals surface area contributed by atoms with Crippen LogP contribution in [0.15, 0.2) is 18.2 Å². The van der Waals surface area contributed by atoms with E-state index in [2.05, 4.69) is 0 Å². The predicted octanol–water partition coefficient (Wildman–Crippen LogP) is 2.91. The van der Waals surface area contributed by atoms with Crippen molar-refractivity contribution in [2.75, 3.05) is 0 Å². The number of benzene rings is 1. The first-order valence-corrected chi connectivity index (χ1v) is 3.53. The van der Waals surface area contributed by atoms with Gasteiger partial charge in [-0.15, -0.1) is 11.6 Å². The van der Waals surface area contributed by atoms with E-state index in [1.807, 2.05) is 0 Å². The van der Waals surface area contributed by atoms with Gasteiger partial charge in [-0.25, -0.2) is 8.78 Å². The van der Waals surface area contributed by atoms with Crippen molar-refractivity contribution in [1.82, 2.24) is 0 Å². The zero-order valence-corrected chi connectivity index (χ0v) is 6.41. The molecule has 0 bridgehead atoms. The molecule has 3 heteroatoms. The van der Waals surface area contributed by atoms with Gasteiger partial charge in [-0.05, 0) is 18.1 Å². The van der Waals surface area contributed by atoms with Crippen molar-refractivity contribution in [3.05, 3.63) is 41.3 Å². The monoisotopic (exact) mass is 175 g/mol. The molecule has 0 aliphatic carbocycles. The fourth-order valence-corrected chi connectivity index (χ4v) is 0.937. The van der Waals surface area contributed by atoms with Gasteiger partial charge in [0.2, 0.25) is 0 Å². The van der Waals surface area contributed by atoms with E-state index in [1.165, 1.54) is 18.0 Å². The number of hydrogen-bond acceptors (Lipinski definition) is 0. The predicted molar refractivity (Wildman–Crippen MR) is 40.2 cm³/mol. The molecular formula is C8H6ClF2. The van der Waals surface area contributed by atoms with Gasteiger partial charge in [0.05, 0.1) is 5.88 Å². The molecule has 0 amide bonds. The van der Waals surface area contributed by atoms with Gasteiger partial charge in [0.15, 0.2) is 0 Å². The molecule has 1 rings (SSSR count). The summed E-state index contributed by atoms with van der Waals surface area (Å²) in [6, 6.07) is 3.43. The molecule has 0 aliphatic heterocycles. The molecule has 0 aliphatic rings. The van der Waals surface area contributed by atoms with Crippen molar-refractivity contribution < 1.29 is 8.78 Å². The molecule has 0 aromatic heterocycles. The van der Waals surface area contributed by atoms with Crippen LogP contribution in [0.1, 0.15) is 5.56 Å². The van der Waals surface area contributed by atoms with Crippen molar-refractivity contribution in [3.8, 4) is 0 Å². The van der Waals surface area contributed by atoms with Crippen LogP contribution in [0.2, 0.25) is 0 Å². The molecule has 0 fully saturated rings. The Morgan fingerprint density at radius 3 is 2.64 bits per heavy atom. The van der Waals surface area contributed by atoms with Crippen molar-refractivity contribution >= 4 is 11.6 Å². The van der Waals surface area contributed by atoms with Crippen LogP contribution in [0.25, 0.3) is 0 Å². The average Bonchev–Trinajstić information content (AvgIpc) is 1.95. The highest BCUT2D eigenvalue weighted by Gasteiger charge is 2.01. The van der Waals surface area contributed by atoms with E-state index < -0.39 is 11.6 Å². The lowest BCUT2D eigenvalue weighted by Gasteiger charge is -1.98. The third-order valence-electron chi connectivity index (χ3n) is 1.31. The second-order valence-electron chi connectivity index (χ2n) is 2.09. The van der Waals surface area contributed by atoms with Gasteiger partial charge in [-0.3, -0.25) is 0 Å². The summed E-state index contributed by atoms with van der Waals surface area (Å²) >= 11 is 5.26. The van der Waals surface area contributed by atoms with Crippen molar-refractivity contribution in [3.63, 3.8) is 0 Å². The minimum Gasteiger partial charge on any atom is -0.207 e. The summed E-state index contributed by atoms with van der Waals surface area (Å²) < 4.78 is 25.0. The first kappa shape index (κ1) is 8.47. The molecular weight excluding hydrogens is 170 g/mol. The molecule has 1 aromatic carbocycles. The van der Waals surface area contributed by atoms with Gasteiger partial charge in [0.25, 0.3) is 0 Å². The van der Waals surface area contributed by atoms with Gasteiger partial charge in [-0.2, -0.15) is 0 Å². The van der Waals surface area contributed by atoms with Crippen molar-refractivity contribution in [2.24, 2.45) is 0 Å². The molecule has 0 saturated heterocycles. The smallest absolute Gasteiger partial charge is 0.129 e. The highest BCUT2D eigenvalue weighted by molar-refractivity contribution is 6.23. The third-order valence-corrected chi connectivity index (χ3v) is 1.47. The summed E-state index contributed by atoms with van der Waals surface area (Å²) in [5.74, 6) is 0.179. The van der Waals surface area contributed by atoms with Crippen molar-refractivity contribution in [1.29, 1.82) is 0 Å². The van der Waals surface area contributed by atoms with Gasteiger partial charge in [-0.1, -0.05) is 6.07 Å². The van der Waals surface area contributed by atoms with E-state index in [-0.39, 0.29) is 0 Å². The molecule has 0 heterocycles. The summed E-state index contributed by atoms with van der Waals surface area (Å²) in [7, 11) is 0. The van der Waals surface area contributed by atoms with Gasteiger partial charge in [0, 0.05) is 6.07 Å². The molecule has 1 radical (unpaired) electrons. The number of rotatable bonds is 2. The molecule has 0 saturated carbocycles. The van der Waals surface area contributed by atoms with Crippen LogP contribution in [0.3, 0.4) is 0 Å². The summed E-state index contributed by atoms with van der Waals surface area (Å²) in [6.45, 7) is 0. The van der Waals surface area contributed by atoms with Crippen LogP contribution in [-0.2, 0) is 6.42 Å². The van der Waals surface area contributed by atoms with Crippen LogP contribution in [0, 0.1) is 17.5 Å². The molecule has 11 heavy (non-hydrogen) atoms. The Hall–Kier alpha value is -0.630.